The fourth-order valence-electron chi connectivity index (χ4n) is 4.47. The molecule has 0 radical (unpaired) electrons. The van der Waals surface area contributed by atoms with Crippen molar-refractivity contribution < 1.29 is 9.90 Å². The highest BCUT2D eigenvalue weighted by Gasteiger charge is 2.41. The van der Waals surface area contributed by atoms with Crippen LogP contribution in [0.4, 0.5) is 5.69 Å². The van der Waals surface area contributed by atoms with Crippen LogP contribution in [0.3, 0.4) is 0 Å². The van der Waals surface area contributed by atoms with Crippen LogP contribution in [0, 0.1) is 11.8 Å². The molecule has 23 heavy (non-hydrogen) atoms. The predicted molar refractivity (Wildman–Crippen MR) is 91.0 cm³/mol. The van der Waals surface area contributed by atoms with Gasteiger partial charge in [0.25, 0.3) is 5.91 Å². The Morgan fingerprint density at radius 2 is 1.78 bits per heavy atom. The molecule has 1 saturated carbocycles. The lowest BCUT2D eigenvalue weighted by molar-refractivity contribution is 0.0765. The van der Waals surface area contributed by atoms with Crippen LogP contribution in [0.15, 0.2) is 18.2 Å². The largest absolute Gasteiger partial charge is 0.393 e. The van der Waals surface area contributed by atoms with E-state index in [0.29, 0.717) is 22.4 Å². The molecule has 3 atom stereocenters. The standard InChI is InChI=1S/C18H23ClN2O2/c19-16-9-12(3-4-17(16)20-5-1-2-6-20)18(23)21-10-13-7-15(22)8-14(13)11-21/h3-4,9,13-15,22H,1-2,5-8,10-11H2/t13-,14+,15?. The highest BCUT2D eigenvalue weighted by atomic mass is 35.5. The minimum atomic E-state index is -0.170. The Balaban J connectivity index is 1.48. The second-order valence-electron chi connectivity index (χ2n) is 7.22. The number of carbonyl (C=O) groups is 1. The third kappa shape index (κ3) is 2.83. The van der Waals surface area contributed by atoms with Crippen LogP contribution in [-0.2, 0) is 0 Å². The summed E-state index contributed by atoms with van der Waals surface area (Å²) in [5, 5.41) is 10.4. The van der Waals surface area contributed by atoms with E-state index in [4.69, 9.17) is 11.6 Å². The van der Waals surface area contributed by atoms with Crippen LogP contribution in [0.25, 0.3) is 0 Å². The van der Waals surface area contributed by atoms with Gasteiger partial charge in [-0.05, 0) is 55.7 Å². The molecular weight excluding hydrogens is 312 g/mol. The van der Waals surface area contributed by atoms with Crippen molar-refractivity contribution in [2.75, 3.05) is 31.1 Å². The molecule has 1 aromatic rings. The van der Waals surface area contributed by atoms with Crippen LogP contribution in [0.2, 0.25) is 5.02 Å². The lowest BCUT2D eigenvalue weighted by atomic mass is 10.0. The number of carbonyl (C=O) groups excluding carboxylic acids is 1. The van der Waals surface area contributed by atoms with E-state index in [9.17, 15) is 9.90 Å². The number of rotatable bonds is 2. The maximum absolute atomic E-state index is 12.7. The van der Waals surface area contributed by atoms with E-state index >= 15 is 0 Å². The number of aliphatic hydroxyl groups excluding tert-OH is 1. The highest BCUT2D eigenvalue weighted by Crippen LogP contribution is 2.39. The van der Waals surface area contributed by atoms with Crippen molar-refractivity contribution in [2.24, 2.45) is 11.8 Å². The topological polar surface area (TPSA) is 43.8 Å². The van der Waals surface area contributed by atoms with E-state index in [1.165, 1.54) is 12.8 Å². The van der Waals surface area contributed by atoms with Crippen molar-refractivity contribution >= 4 is 23.2 Å². The summed E-state index contributed by atoms with van der Waals surface area (Å²) >= 11 is 6.43. The van der Waals surface area contributed by atoms with Crippen molar-refractivity contribution in [1.29, 1.82) is 0 Å². The van der Waals surface area contributed by atoms with E-state index in [-0.39, 0.29) is 12.0 Å². The third-order valence-electron chi connectivity index (χ3n) is 5.65. The minimum absolute atomic E-state index is 0.0729. The maximum Gasteiger partial charge on any atom is 0.253 e. The Morgan fingerprint density at radius 1 is 1.13 bits per heavy atom. The Bertz CT molecular complexity index is 601. The van der Waals surface area contributed by atoms with Crippen molar-refractivity contribution in [2.45, 2.75) is 31.8 Å². The van der Waals surface area contributed by atoms with Gasteiger partial charge in [-0.15, -0.1) is 0 Å². The van der Waals surface area contributed by atoms with Gasteiger partial charge < -0.3 is 14.9 Å². The maximum atomic E-state index is 12.7. The van der Waals surface area contributed by atoms with E-state index < -0.39 is 0 Å². The summed E-state index contributed by atoms with van der Waals surface area (Å²) in [6.45, 7) is 3.63. The molecule has 1 aliphatic carbocycles. The van der Waals surface area contributed by atoms with Crippen molar-refractivity contribution in [3.8, 4) is 0 Å². The highest BCUT2D eigenvalue weighted by molar-refractivity contribution is 6.33. The SMILES string of the molecule is O=C(c1ccc(N2CCCC2)c(Cl)c1)N1C[C@H]2CC(O)C[C@H]2C1. The molecule has 124 valence electrons. The molecule has 0 aromatic heterocycles. The summed E-state index contributed by atoms with van der Waals surface area (Å²) in [6, 6.07) is 5.72. The van der Waals surface area contributed by atoms with Gasteiger partial charge in [0.05, 0.1) is 16.8 Å². The van der Waals surface area contributed by atoms with Gasteiger partial charge >= 0.3 is 0 Å². The Kier molecular flexibility index (Phi) is 3.98. The molecule has 5 heteroatoms. The van der Waals surface area contributed by atoms with Crippen molar-refractivity contribution in [3.63, 3.8) is 0 Å². The quantitative estimate of drug-likeness (QED) is 0.904. The first kappa shape index (κ1) is 15.3. The third-order valence-corrected chi connectivity index (χ3v) is 5.96. The summed E-state index contributed by atoms with van der Waals surface area (Å²) < 4.78 is 0. The second kappa shape index (κ2) is 5.99. The van der Waals surface area contributed by atoms with Gasteiger partial charge in [0.1, 0.15) is 0 Å². The Morgan fingerprint density at radius 3 is 2.39 bits per heavy atom. The smallest absolute Gasteiger partial charge is 0.253 e. The van der Waals surface area contributed by atoms with Crippen molar-refractivity contribution in [1.82, 2.24) is 4.90 Å². The molecule has 0 bridgehead atoms. The van der Waals surface area contributed by atoms with Gasteiger partial charge in [-0.3, -0.25) is 4.79 Å². The summed E-state index contributed by atoms with van der Waals surface area (Å²) in [7, 11) is 0. The average molecular weight is 335 g/mol. The zero-order valence-electron chi connectivity index (χ0n) is 13.2. The minimum Gasteiger partial charge on any atom is -0.393 e. The predicted octanol–water partition coefficient (Wildman–Crippen LogP) is 2.78. The summed E-state index contributed by atoms with van der Waals surface area (Å²) in [5.74, 6) is 1.00. The molecule has 1 aromatic carbocycles. The molecule has 1 unspecified atom stereocenters. The molecule has 4 nitrogen and oxygen atoms in total. The molecule has 2 aliphatic heterocycles. The lowest BCUT2D eigenvalue weighted by Crippen LogP contribution is -2.30. The fraction of sp³-hybridized carbons (Fsp3) is 0.611. The number of anilines is 1. The van der Waals surface area contributed by atoms with Gasteiger partial charge in [0.2, 0.25) is 0 Å². The number of amides is 1. The monoisotopic (exact) mass is 334 g/mol. The van der Waals surface area contributed by atoms with E-state index in [1.54, 1.807) is 0 Å². The van der Waals surface area contributed by atoms with Gasteiger partial charge in [-0.25, -0.2) is 0 Å². The first-order valence-corrected chi connectivity index (χ1v) is 9.01. The molecule has 2 heterocycles. The fourth-order valence-corrected chi connectivity index (χ4v) is 4.77. The summed E-state index contributed by atoms with van der Waals surface area (Å²) in [6.07, 6.45) is 3.92. The number of nitrogens with zero attached hydrogens (tertiary/aromatic N) is 2. The van der Waals surface area contributed by atoms with Crippen LogP contribution in [0.5, 0.6) is 0 Å². The zero-order valence-corrected chi connectivity index (χ0v) is 14.0. The van der Waals surface area contributed by atoms with Crippen molar-refractivity contribution in [3.05, 3.63) is 28.8 Å². The average Bonchev–Trinajstić information content (AvgIpc) is 3.22. The van der Waals surface area contributed by atoms with Crippen LogP contribution in [0.1, 0.15) is 36.0 Å². The second-order valence-corrected chi connectivity index (χ2v) is 7.62. The molecule has 3 fully saturated rings. The number of benzene rings is 1. The number of hydrogen-bond donors (Lipinski definition) is 1. The van der Waals surface area contributed by atoms with Gasteiger partial charge in [0.15, 0.2) is 0 Å². The Hall–Kier alpha value is -1.26. The summed E-state index contributed by atoms with van der Waals surface area (Å²) in [5.41, 5.74) is 1.72. The number of fused-ring (bicyclic) bond motifs is 1. The molecule has 1 N–H and O–H groups in total. The molecule has 4 rings (SSSR count). The molecule has 0 spiro atoms. The molecule has 2 saturated heterocycles. The van der Waals surface area contributed by atoms with Crippen LogP contribution >= 0.6 is 11.6 Å². The van der Waals surface area contributed by atoms with Gasteiger partial charge in [-0.1, -0.05) is 11.6 Å². The van der Waals surface area contributed by atoms with Crippen LogP contribution < -0.4 is 4.90 Å². The molecule has 1 amide bonds. The van der Waals surface area contributed by atoms with Gasteiger partial charge in [0, 0.05) is 31.7 Å². The number of likely N-dealkylation sites (tertiary alicyclic amines) is 1. The first-order valence-electron chi connectivity index (χ1n) is 8.63. The number of hydrogen-bond acceptors (Lipinski definition) is 3. The Labute approximate surface area is 142 Å². The normalized spacial score (nSPS) is 30.1. The number of halogens is 1. The molecule has 3 aliphatic rings. The van der Waals surface area contributed by atoms with Gasteiger partial charge in [-0.2, -0.15) is 0 Å². The van der Waals surface area contributed by atoms with E-state index in [1.807, 2.05) is 23.1 Å². The van der Waals surface area contributed by atoms with E-state index in [2.05, 4.69) is 4.90 Å². The first-order chi connectivity index (χ1) is 11.1. The van der Waals surface area contributed by atoms with Crippen LogP contribution in [-0.4, -0.2) is 48.2 Å². The van der Waals surface area contributed by atoms with E-state index in [0.717, 1.165) is 44.7 Å². The number of aliphatic hydroxyl groups is 1. The summed E-state index contributed by atoms with van der Waals surface area (Å²) in [4.78, 5) is 17.0. The zero-order chi connectivity index (χ0) is 16.0. The molecular formula is C18H23ClN2O2. The lowest BCUT2D eigenvalue weighted by Gasteiger charge is -2.21.